The zero-order valence-electron chi connectivity index (χ0n) is 25.9. The van der Waals surface area contributed by atoms with Crippen LogP contribution in [0.2, 0.25) is 0 Å². The molecule has 9 heteroatoms. The number of aliphatic hydroxyl groups is 1. The highest BCUT2D eigenvalue weighted by Crippen LogP contribution is 2.38. The van der Waals surface area contributed by atoms with E-state index in [0.717, 1.165) is 58.1 Å². The number of nitrogens with one attached hydrogen (secondary N) is 1. The van der Waals surface area contributed by atoms with Gasteiger partial charge < -0.3 is 15.0 Å². The molecule has 6 rings (SSSR count). The SMILES string of the molecule is Cc1ccc(-c2nc3c(c(=O)n(C)c(=O)n3C)n2Cc2ccc(C(C(=O)N[C@@H](CO)c3ccccc3)C3CCCC3)cc2)cc1. The van der Waals surface area contributed by atoms with Gasteiger partial charge in [-0.05, 0) is 42.4 Å². The smallest absolute Gasteiger partial charge is 0.332 e. The van der Waals surface area contributed by atoms with Crippen LogP contribution in [-0.2, 0) is 25.4 Å². The first-order valence-corrected chi connectivity index (χ1v) is 15.5. The van der Waals surface area contributed by atoms with Crippen LogP contribution in [0, 0.1) is 12.8 Å². The molecule has 1 aliphatic carbocycles. The summed E-state index contributed by atoms with van der Waals surface area (Å²) in [7, 11) is 3.11. The summed E-state index contributed by atoms with van der Waals surface area (Å²) in [6.45, 7) is 2.19. The van der Waals surface area contributed by atoms with Crippen LogP contribution < -0.4 is 16.6 Å². The van der Waals surface area contributed by atoms with Crippen molar-refractivity contribution < 1.29 is 9.90 Å². The van der Waals surface area contributed by atoms with Crippen molar-refractivity contribution in [2.75, 3.05) is 6.61 Å². The van der Waals surface area contributed by atoms with Gasteiger partial charge in [0.1, 0.15) is 5.82 Å². The van der Waals surface area contributed by atoms with Gasteiger partial charge in [-0.1, -0.05) is 97.3 Å². The minimum absolute atomic E-state index is 0.0794. The second kappa shape index (κ2) is 12.7. The van der Waals surface area contributed by atoms with Gasteiger partial charge in [-0.3, -0.25) is 18.7 Å². The molecule has 9 nitrogen and oxygen atoms in total. The van der Waals surface area contributed by atoms with Crippen LogP contribution in [0.4, 0.5) is 0 Å². The zero-order chi connectivity index (χ0) is 31.7. The van der Waals surface area contributed by atoms with E-state index in [4.69, 9.17) is 4.98 Å². The quantitative estimate of drug-likeness (QED) is 0.256. The Balaban J connectivity index is 1.35. The molecular formula is C36H39N5O4. The summed E-state index contributed by atoms with van der Waals surface area (Å²) < 4.78 is 4.40. The van der Waals surface area contributed by atoms with Gasteiger partial charge in [-0.15, -0.1) is 0 Å². The molecule has 1 unspecified atom stereocenters. The van der Waals surface area contributed by atoms with Crippen molar-refractivity contribution in [1.82, 2.24) is 24.0 Å². The van der Waals surface area contributed by atoms with E-state index < -0.39 is 17.3 Å². The lowest BCUT2D eigenvalue weighted by molar-refractivity contribution is -0.124. The number of carbonyl (C=O) groups excluding carboxylic acids is 1. The number of fused-ring (bicyclic) bond motifs is 1. The number of carbonyl (C=O) groups is 1. The molecule has 2 atom stereocenters. The molecule has 1 amide bonds. The van der Waals surface area contributed by atoms with Crippen LogP contribution in [0.5, 0.6) is 0 Å². The molecule has 45 heavy (non-hydrogen) atoms. The predicted octanol–water partition coefficient (Wildman–Crippen LogP) is 4.58. The summed E-state index contributed by atoms with van der Waals surface area (Å²) in [6.07, 6.45) is 4.17. The highest BCUT2D eigenvalue weighted by molar-refractivity contribution is 5.84. The van der Waals surface area contributed by atoms with Crippen molar-refractivity contribution >= 4 is 17.1 Å². The Bertz CT molecular complexity index is 1930. The van der Waals surface area contributed by atoms with E-state index in [-0.39, 0.29) is 24.3 Å². The lowest BCUT2D eigenvalue weighted by Crippen LogP contribution is -2.37. The normalized spacial score (nSPS) is 14.9. The van der Waals surface area contributed by atoms with E-state index in [1.54, 1.807) is 7.05 Å². The number of benzene rings is 3. The maximum Gasteiger partial charge on any atom is 0.332 e. The Hall–Kier alpha value is -4.76. The van der Waals surface area contributed by atoms with Gasteiger partial charge in [0.05, 0.1) is 18.6 Å². The lowest BCUT2D eigenvalue weighted by atomic mass is 9.83. The number of hydrogen-bond acceptors (Lipinski definition) is 5. The minimum Gasteiger partial charge on any atom is -0.394 e. The summed E-state index contributed by atoms with van der Waals surface area (Å²) >= 11 is 0. The average Bonchev–Trinajstić information content (AvgIpc) is 3.72. The van der Waals surface area contributed by atoms with Crippen molar-refractivity contribution in [3.8, 4) is 11.4 Å². The Morgan fingerprint density at radius 3 is 2.22 bits per heavy atom. The van der Waals surface area contributed by atoms with Gasteiger partial charge >= 0.3 is 5.69 Å². The molecule has 0 radical (unpaired) electrons. The lowest BCUT2D eigenvalue weighted by Gasteiger charge is -2.26. The number of rotatable bonds is 9. The van der Waals surface area contributed by atoms with Crippen LogP contribution in [-0.4, -0.2) is 36.3 Å². The number of hydrogen-bond donors (Lipinski definition) is 2. The van der Waals surface area contributed by atoms with Gasteiger partial charge in [-0.2, -0.15) is 0 Å². The van der Waals surface area contributed by atoms with Crippen molar-refractivity contribution in [2.45, 2.75) is 51.1 Å². The minimum atomic E-state index is -0.477. The number of aliphatic hydroxyl groups excluding tert-OH is 1. The van der Waals surface area contributed by atoms with Gasteiger partial charge in [-0.25, -0.2) is 9.78 Å². The fraction of sp³-hybridized carbons (Fsp3) is 0.333. The summed E-state index contributed by atoms with van der Waals surface area (Å²) in [4.78, 5) is 44.8. The maximum atomic E-state index is 13.8. The highest BCUT2D eigenvalue weighted by atomic mass is 16.3. The van der Waals surface area contributed by atoms with Crippen molar-refractivity contribution in [3.05, 3.63) is 122 Å². The summed E-state index contributed by atoms with van der Waals surface area (Å²) in [6, 6.07) is 25.0. The molecule has 1 fully saturated rings. The third-order valence-corrected chi connectivity index (χ3v) is 9.19. The van der Waals surface area contributed by atoms with E-state index in [9.17, 15) is 19.5 Å². The van der Waals surface area contributed by atoms with Gasteiger partial charge in [0, 0.05) is 26.2 Å². The Morgan fingerprint density at radius 2 is 1.58 bits per heavy atom. The molecule has 5 aromatic rings. The van der Waals surface area contributed by atoms with Crippen molar-refractivity contribution in [1.29, 1.82) is 0 Å². The average molecular weight is 606 g/mol. The number of aryl methyl sites for hydroxylation is 2. The van der Waals surface area contributed by atoms with E-state index in [1.165, 1.54) is 11.6 Å². The summed E-state index contributed by atoms with van der Waals surface area (Å²) in [5.41, 5.74) is 4.56. The third-order valence-electron chi connectivity index (χ3n) is 9.19. The van der Waals surface area contributed by atoms with E-state index in [0.29, 0.717) is 23.5 Å². The Labute approximate surface area is 261 Å². The fourth-order valence-electron chi connectivity index (χ4n) is 6.65. The number of amides is 1. The van der Waals surface area contributed by atoms with Gasteiger partial charge in [0.2, 0.25) is 5.91 Å². The Morgan fingerprint density at radius 1 is 0.911 bits per heavy atom. The van der Waals surface area contributed by atoms with E-state index >= 15 is 0 Å². The number of aromatic nitrogens is 4. The van der Waals surface area contributed by atoms with E-state index in [2.05, 4.69) is 5.32 Å². The molecule has 0 spiro atoms. The summed E-state index contributed by atoms with van der Waals surface area (Å²) in [5.74, 6) is 0.412. The highest BCUT2D eigenvalue weighted by Gasteiger charge is 2.33. The van der Waals surface area contributed by atoms with Gasteiger partial charge in [0.25, 0.3) is 5.56 Å². The first-order valence-electron chi connectivity index (χ1n) is 15.5. The van der Waals surface area contributed by atoms with Crippen LogP contribution in [0.3, 0.4) is 0 Å². The second-order valence-electron chi connectivity index (χ2n) is 12.2. The molecule has 1 saturated carbocycles. The van der Waals surface area contributed by atoms with Crippen LogP contribution >= 0.6 is 0 Å². The number of imidazole rings is 1. The van der Waals surface area contributed by atoms with Crippen molar-refractivity contribution in [3.63, 3.8) is 0 Å². The predicted molar refractivity (Wildman–Crippen MR) is 175 cm³/mol. The largest absolute Gasteiger partial charge is 0.394 e. The van der Waals surface area contributed by atoms with Crippen LogP contribution in [0.15, 0.2) is 88.5 Å². The first kappa shape index (κ1) is 30.3. The van der Waals surface area contributed by atoms with Crippen molar-refractivity contribution in [2.24, 2.45) is 20.0 Å². The second-order valence-corrected chi connectivity index (χ2v) is 12.2. The van der Waals surface area contributed by atoms with Crippen LogP contribution in [0.1, 0.15) is 59.9 Å². The molecule has 2 N–H and O–H groups in total. The monoisotopic (exact) mass is 605 g/mol. The van der Waals surface area contributed by atoms with Gasteiger partial charge in [0.15, 0.2) is 11.2 Å². The first-order chi connectivity index (χ1) is 21.8. The Kier molecular flexibility index (Phi) is 8.54. The molecule has 0 bridgehead atoms. The standard InChI is InChI=1S/C36H39N5O4/c1-23-13-17-28(18-14-23)32-38-33-31(35(44)40(3)36(45)39(33)2)41(32)21-24-15-19-27(20-16-24)30(26-11-7-8-12-26)34(43)37-29(22-42)25-9-5-4-6-10-25/h4-6,9-10,13-20,26,29-30,42H,7-8,11-12,21-22H2,1-3H3,(H,37,43)/t29-,30?/m0/s1. The third kappa shape index (κ3) is 5.88. The molecule has 232 valence electrons. The molecule has 3 aromatic carbocycles. The molecular weight excluding hydrogens is 566 g/mol. The summed E-state index contributed by atoms with van der Waals surface area (Å²) in [5, 5.41) is 13.2. The fourth-order valence-corrected chi connectivity index (χ4v) is 6.65. The maximum absolute atomic E-state index is 13.8. The topological polar surface area (TPSA) is 111 Å². The molecule has 0 saturated heterocycles. The van der Waals surface area contributed by atoms with Crippen LogP contribution in [0.25, 0.3) is 22.6 Å². The molecule has 2 aromatic heterocycles. The molecule has 1 aliphatic rings. The molecule has 2 heterocycles. The zero-order valence-corrected chi connectivity index (χ0v) is 25.9. The molecule has 0 aliphatic heterocycles. The number of nitrogens with zero attached hydrogens (tertiary/aromatic N) is 4. The van der Waals surface area contributed by atoms with E-state index in [1.807, 2.05) is 90.4 Å².